The Morgan fingerprint density at radius 1 is 1.53 bits per heavy atom. The topological polar surface area (TPSA) is 93.3 Å². The first-order valence-electron chi connectivity index (χ1n) is 3.93. The second-order valence-corrected chi connectivity index (χ2v) is 2.40. The van der Waals surface area contributed by atoms with Crippen LogP contribution in [-0.4, -0.2) is 21.0 Å². The van der Waals surface area contributed by atoms with E-state index in [4.69, 9.17) is 9.90 Å². The molecule has 1 aromatic rings. The molecule has 0 bridgehead atoms. The highest BCUT2D eigenvalue weighted by atomic mass is 16.6. The Morgan fingerprint density at radius 2 is 2.00 bits per heavy atom. The van der Waals surface area contributed by atoms with Crippen LogP contribution in [0.1, 0.15) is 12.5 Å². The van der Waals surface area contributed by atoms with Crippen LogP contribution in [-0.2, 0) is 4.79 Å². The molecule has 0 atom stereocenters. The predicted molar refractivity (Wildman–Crippen MR) is 53.6 cm³/mol. The van der Waals surface area contributed by atoms with E-state index < -0.39 is 10.9 Å². The van der Waals surface area contributed by atoms with Gasteiger partial charge < -0.3 is 5.11 Å². The van der Waals surface area contributed by atoms with E-state index in [1.54, 1.807) is 24.5 Å². The molecule has 0 saturated heterocycles. The van der Waals surface area contributed by atoms with E-state index in [0.717, 1.165) is 18.7 Å². The molecular formula is C9H10N2O4. The van der Waals surface area contributed by atoms with Crippen molar-refractivity contribution in [2.75, 3.05) is 0 Å². The number of nitro groups is 1. The molecule has 0 saturated carbocycles. The van der Waals surface area contributed by atoms with Crippen molar-refractivity contribution in [3.8, 4) is 0 Å². The molecule has 15 heavy (non-hydrogen) atoms. The number of aliphatic carboxylic acids is 1. The Kier molecular flexibility index (Phi) is 6.12. The van der Waals surface area contributed by atoms with Gasteiger partial charge in [-0.05, 0) is 17.7 Å². The number of pyridine rings is 1. The van der Waals surface area contributed by atoms with Crippen molar-refractivity contribution in [2.45, 2.75) is 6.92 Å². The van der Waals surface area contributed by atoms with E-state index in [1.807, 2.05) is 0 Å². The van der Waals surface area contributed by atoms with Crippen molar-refractivity contribution in [2.24, 2.45) is 0 Å². The van der Waals surface area contributed by atoms with Gasteiger partial charge in [0.25, 0.3) is 5.97 Å². The first-order valence-corrected chi connectivity index (χ1v) is 3.93. The molecule has 1 N–H and O–H groups in total. The molecule has 6 nitrogen and oxygen atoms in total. The van der Waals surface area contributed by atoms with Crippen LogP contribution in [0.3, 0.4) is 0 Å². The number of carboxylic acids is 1. The Balaban J connectivity index is 0.000000423. The van der Waals surface area contributed by atoms with E-state index >= 15 is 0 Å². The molecule has 0 aromatic carbocycles. The average Bonchev–Trinajstić information content (AvgIpc) is 2.15. The molecule has 0 spiro atoms. The SMILES string of the molecule is CC(=O)O.O=[N+]([O-])/C=C/c1ccncc1. The van der Waals surface area contributed by atoms with E-state index in [0.29, 0.717) is 0 Å². The molecule has 6 heteroatoms. The van der Waals surface area contributed by atoms with Crippen molar-refractivity contribution in [3.05, 3.63) is 46.4 Å². The molecule has 0 aliphatic rings. The molecule has 0 radical (unpaired) electrons. The summed E-state index contributed by atoms with van der Waals surface area (Å²) in [4.78, 5) is 22.1. The maximum atomic E-state index is 9.88. The zero-order chi connectivity index (χ0) is 11.7. The fraction of sp³-hybridized carbons (Fsp3) is 0.111. The van der Waals surface area contributed by atoms with Gasteiger partial charge >= 0.3 is 0 Å². The highest BCUT2D eigenvalue weighted by Crippen LogP contribution is 1.98. The summed E-state index contributed by atoms with van der Waals surface area (Å²) in [6, 6.07) is 3.39. The fourth-order valence-corrected chi connectivity index (χ4v) is 0.621. The second-order valence-electron chi connectivity index (χ2n) is 2.40. The van der Waals surface area contributed by atoms with Gasteiger partial charge in [-0.2, -0.15) is 0 Å². The summed E-state index contributed by atoms with van der Waals surface area (Å²) < 4.78 is 0. The molecule has 1 aromatic heterocycles. The van der Waals surface area contributed by atoms with Gasteiger partial charge in [-0.1, -0.05) is 0 Å². The number of hydrogen-bond acceptors (Lipinski definition) is 4. The molecule has 0 unspecified atom stereocenters. The van der Waals surface area contributed by atoms with Gasteiger partial charge in [0.1, 0.15) is 0 Å². The smallest absolute Gasteiger partial charge is 0.300 e. The zero-order valence-electron chi connectivity index (χ0n) is 8.03. The van der Waals surface area contributed by atoms with Gasteiger partial charge in [0.2, 0.25) is 6.20 Å². The second kappa shape index (κ2) is 7.19. The summed E-state index contributed by atoms with van der Waals surface area (Å²) >= 11 is 0. The summed E-state index contributed by atoms with van der Waals surface area (Å²) in [7, 11) is 0. The molecular weight excluding hydrogens is 200 g/mol. The molecule has 0 aliphatic heterocycles. The predicted octanol–water partition coefficient (Wildman–Crippen LogP) is 1.42. The van der Waals surface area contributed by atoms with Crippen LogP contribution in [0.15, 0.2) is 30.7 Å². The van der Waals surface area contributed by atoms with Gasteiger partial charge in [-0.3, -0.25) is 19.9 Å². The van der Waals surface area contributed by atoms with Crippen LogP contribution in [0.25, 0.3) is 6.08 Å². The third-order valence-corrected chi connectivity index (χ3v) is 1.09. The molecule has 1 heterocycles. The Labute approximate surface area is 86.0 Å². The van der Waals surface area contributed by atoms with Crippen molar-refractivity contribution < 1.29 is 14.8 Å². The minimum Gasteiger partial charge on any atom is -0.481 e. The molecule has 0 fully saturated rings. The highest BCUT2D eigenvalue weighted by Gasteiger charge is 1.86. The number of carbonyl (C=O) groups is 1. The number of carboxylic acid groups (broad SMARTS) is 1. The maximum Gasteiger partial charge on any atom is 0.300 e. The monoisotopic (exact) mass is 210 g/mol. The molecule has 0 aliphatic carbocycles. The van der Waals surface area contributed by atoms with Gasteiger partial charge in [-0.25, -0.2) is 0 Å². The number of aromatic nitrogens is 1. The minimum atomic E-state index is -0.833. The van der Waals surface area contributed by atoms with Gasteiger partial charge in [0.05, 0.1) is 4.92 Å². The summed E-state index contributed by atoms with van der Waals surface area (Å²) in [5.41, 5.74) is 0.775. The lowest BCUT2D eigenvalue weighted by Crippen LogP contribution is -1.82. The van der Waals surface area contributed by atoms with Gasteiger partial charge in [0, 0.05) is 25.4 Å². The Hall–Kier alpha value is -2.24. The molecule has 80 valence electrons. The van der Waals surface area contributed by atoms with Crippen LogP contribution in [0.2, 0.25) is 0 Å². The third-order valence-electron chi connectivity index (χ3n) is 1.09. The Bertz CT molecular complexity index is 344. The lowest BCUT2D eigenvalue weighted by molar-refractivity contribution is -0.400. The standard InChI is InChI=1S/C7H6N2O2.C2H4O2/c10-9(11)6-3-7-1-4-8-5-2-7;1-2(3)4/h1-6H;1H3,(H,3,4)/b6-3+;. The van der Waals surface area contributed by atoms with Gasteiger partial charge in [-0.15, -0.1) is 0 Å². The summed E-state index contributed by atoms with van der Waals surface area (Å²) in [6.07, 6.45) is 5.48. The van der Waals surface area contributed by atoms with E-state index in [9.17, 15) is 10.1 Å². The third kappa shape index (κ3) is 9.68. The van der Waals surface area contributed by atoms with Crippen LogP contribution in [0.5, 0.6) is 0 Å². The summed E-state index contributed by atoms with van der Waals surface area (Å²) in [5.74, 6) is -0.833. The largest absolute Gasteiger partial charge is 0.481 e. The van der Waals surface area contributed by atoms with Crippen molar-refractivity contribution in [3.63, 3.8) is 0 Å². The summed E-state index contributed by atoms with van der Waals surface area (Å²) in [5, 5.41) is 17.3. The lowest BCUT2D eigenvalue weighted by atomic mass is 10.3. The lowest BCUT2D eigenvalue weighted by Gasteiger charge is -1.86. The quantitative estimate of drug-likeness (QED) is 0.588. The first-order chi connectivity index (χ1) is 7.02. The highest BCUT2D eigenvalue weighted by molar-refractivity contribution is 5.62. The average molecular weight is 210 g/mol. The normalized spacial score (nSPS) is 9.13. The van der Waals surface area contributed by atoms with E-state index in [2.05, 4.69) is 4.98 Å². The van der Waals surface area contributed by atoms with Crippen molar-refractivity contribution in [1.29, 1.82) is 0 Å². The van der Waals surface area contributed by atoms with Crippen LogP contribution < -0.4 is 0 Å². The number of nitrogens with zero attached hydrogens (tertiary/aromatic N) is 2. The van der Waals surface area contributed by atoms with Crippen LogP contribution in [0.4, 0.5) is 0 Å². The fourth-order valence-electron chi connectivity index (χ4n) is 0.621. The first kappa shape index (κ1) is 12.8. The van der Waals surface area contributed by atoms with Crippen molar-refractivity contribution in [1.82, 2.24) is 4.98 Å². The Morgan fingerprint density at radius 3 is 2.40 bits per heavy atom. The number of rotatable bonds is 2. The summed E-state index contributed by atoms with van der Waals surface area (Å²) in [6.45, 7) is 1.08. The van der Waals surface area contributed by atoms with E-state index in [-0.39, 0.29) is 0 Å². The van der Waals surface area contributed by atoms with E-state index in [1.165, 1.54) is 6.08 Å². The van der Waals surface area contributed by atoms with Crippen LogP contribution in [0, 0.1) is 10.1 Å². The minimum absolute atomic E-state index is 0.500. The van der Waals surface area contributed by atoms with Gasteiger partial charge in [0.15, 0.2) is 0 Å². The maximum absolute atomic E-state index is 9.88. The molecule has 1 rings (SSSR count). The molecule has 0 amide bonds. The number of hydrogen-bond donors (Lipinski definition) is 1. The van der Waals surface area contributed by atoms with Crippen LogP contribution >= 0.6 is 0 Å². The van der Waals surface area contributed by atoms with Crippen molar-refractivity contribution >= 4 is 12.0 Å². The zero-order valence-corrected chi connectivity index (χ0v) is 8.03.